The summed E-state index contributed by atoms with van der Waals surface area (Å²) in [6, 6.07) is 15.5. The zero-order valence-corrected chi connectivity index (χ0v) is 14.4. The summed E-state index contributed by atoms with van der Waals surface area (Å²) in [5.41, 5.74) is 8.56. The highest BCUT2D eigenvalue weighted by Gasteiger charge is 2.15. The first-order valence-corrected chi connectivity index (χ1v) is 8.07. The Labute approximate surface area is 146 Å². The van der Waals surface area contributed by atoms with Crippen LogP contribution in [-0.4, -0.2) is 10.2 Å². The molecular weight excluding hydrogens is 413 g/mol. The number of nitrogens with one attached hydrogen (secondary N) is 1. The highest BCUT2D eigenvalue weighted by molar-refractivity contribution is 14.1. The lowest BCUT2D eigenvalue weighted by Gasteiger charge is -2.11. The van der Waals surface area contributed by atoms with Crippen LogP contribution in [0.5, 0.6) is 5.75 Å². The molecule has 0 spiro atoms. The number of halogens is 2. The molecule has 22 heavy (non-hydrogen) atoms. The molecular formula is C16H13ClIN3O. The van der Waals surface area contributed by atoms with Crippen LogP contribution in [0.3, 0.4) is 0 Å². The second kappa shape index (κ2) is 6.58. The first-order valence-electron chi connectivity index (χ1n) is 6.61. The molecule has 0 saturated carbocycles. The van der Waals surface area contributed by atoms with E-state index in [0.717, 1.165) is 26.1 Å². The number of hydrogen-bond acceptors (Lipinski definition) is 3. The van der Waals surface area contributed by atoms with E-state index < -0.39 is 0 Å². The maximum Gasteiger partial charge on any atom is 0.159 e. The number of aromatic amines is 1. The van der Waals surface area contributed by atoms with Gasteiger partial charge in [0.2, 0.25) is 0 Å². The molecule has 0 aliphatic rings. The van der Waals surface area contributed by atoms with Crippen molar-refractivity contribution in [2.45, 2.75) is 6.61 Å². The quantitative estimate of drug-likeness (QED) is 0.605. The fourth-order valence-electron chi connectivity index (χ4n) is 2.08. The van der Waals surface area contributed by atoms with E-state index in [-0.39, 0.29) is 0 Å². The van der Waals surface area contributed by atoms with Crippen LogP contribution in [0.4, 0.5) is 5.82 Å². The molecule has 3 rings (SSSR count). The summed E-state index contributed by atoms with van der Waals surface area (Å²) in [5.74, 6) is 1.19. The van der Waals surface area contributed by atoms with E-state index in [9.17, 15) is 0 Å². The van der Waals surface area contributed by atoms with E-state index in [0.29, 0.717) is 17.4 Å². The van der Waals surface area contributed by atoms with Gasteiger partial charge in [-0.2, -0.15) is 5.10 Å². The number of nitrogens with two attached hydrogens (primary N) is 1. The maximum atomic E-state index is 6.12. The molecule has 0 atom stereocenters. The van der Waals surface area contributed by atoms with Crippen LogP contribution in [0.25, 0.3) is 11.3 Å². The first-order chi connectivity index (χ1) is 10.6. The Morgan fingerprint density at radius 2 is 1.95 bits per heavy atom. The van der Waals surface area contributed by atoms with E-state index in [2.05, 4.69) is 32.8 Å². The Morgan fingerprint density at radius 3 is 2.64 bits per heavy atom. The first kappa shape index (κ1) is 15.2. The van der Waals surface area contributed by atoms with E-state index in [4.69, 9.17) is 22.1 Å². The van der Waals surface area contributed by atoms with Crippen LogP contribution in [0, 0.1) is 3.57 Å². The van der Waals surface area contributed by atoms with Gasteiger partial charge in [0.1, 0.15) is 12.4 Å². The predicted octanol–water partition coefficient (Wildman–Crippen LogP) is 4.50. The van der Waals surface area contributed by atoms with Crippen molar-refractivity contribution in [3.05, 3.63) is 62.7 Å². The third-order valence-electron chi connectivity index (χ3n) is 3.18. The number of benzene rings is 2. The van der Waals surface area contributed by atoms with Crippen molar-refractivity contribution in [3.8, 4) is 17.0 Å². The molecule has 6 heteroatoms. The average Bonchev–Trinajstić information content (AvgIpc) is 2.87. The number of nitrogens with zero attached hydrogens (tertiary/aromatic N) is 1. The standard InChI is InChI=1S/C16H13ClIN3O/c17-11-6-7-13(22-9-10-4-2-1-3-5-10)12(8-11)15-14(18)16(19)21-20-15/h1-8H,9H2,(H3,19,20,21). The van der Waals surface area contributed by atoms with E-state index in [1.165, 1.54) is 0 Å². The highest BCUT2D eigenvalue weighted by atomic mass is 127. The Bertz CT molecular complexity index is 789. The smallest absolute Gasteiger partial charge is 0.159 e. The lowest BCUT2D eigenvalue weighted by Crippen LogP contribution is -1.97. The number of rotatable bonds is 4. The SMILES string of the molecule is Nc1n[nH]c(-c2cc(Cl)ccc2OCc2ccccc2)c1I. The van der Waals surface area contributed by atoms with Crippen LogP contribution in [-0.2, 0) is 6.61 Å². The van der Waals surface area contributed by atoms with Crippen molar-refractivity contribution in [1.82, 2.24) is 10.2 Å². The van der Waals surface area contributed by atoms with Gasteiger partial charge in [0, 0.05) is 10.6 Å². The lowest BCUT2D eigenvalue weighted by atomic mass is 10.1. The third-order valence-corrected chi connectivity index (χ3v) is 4.51. The van der Waals surface area contributed by atoms with Crippen molar-refractivity contribution in [3.63, 3.8) is 0 Å². The van der Waals surface area contributed by atoms with Gasteiger partial charge in [-0.1, -0.05) is 41.9 Å². The van der Waals surface area contributed by atoms with Gasteiger partial charge in [-0.15, -0.1) is 0 Å². The summed E-state index contributed by atoms with van der Waals surface area (Å²) in [6.45, 7) is 0.482. The van der Waals surface area contributed by atoms with Crippen molar-refractivity contribution < 1.29 is 4.74 Å². The van der Waals surface area contributed by atoms with Crippen LogP contribution in [0.2, 0.25) is 5.02 Å². The van der Waals surface area contributed by atoms with Gasteiger partial charge in [-0.3, -0.25) is 5.10 Å². The number of anilines is 1. The number of aromatic nitrogens is 2. The molecule has 2 aromatic carbocycles. The van der Waals surface area contributed by atoms with Gasteiger partial charge < -0.3 is 10.5 Å². The van der Waals surface area contributed by atoms with Gasteiger partial charge in [-0.25, -0.2) is 0 Å². The fraction of sp³-hybridized carbons (Fsp3) is 0.0625. The number of ether oxygens (including phenoxy) is 1. The summed E-state index contributed by atoms with van der Waals surface area (Å²) in [5, 5.41) is 7.59. The van der Waals surface area contributed by atoms with Crippen LogP contribution in [0.15, 0.2) is 48.5 Å². The summed E-state index contributed by atoms with van der Waals surface area (Å²) >= 11 is 8.27. The Morgan fingerprint density at radius 1 is 1.18 bits per heavy atom. The largest absolute Gasteiger partial charge is 0.488 e. The molecule has 0 amide bonds. The lowest BCUT2D eigenvalue weighted by molar-refractivity contribution is 0.307. The zero-order chi connectivity index (χ0) is 15.5. The molecule has 112 valence electrons. The zero-order valence-electron chi connectivity index (χ0n) is 11.5. The van der Waals surface area contributed by atoms with E-state index in [1.807, 2.05) is 42.5 Å². The average molecular weight is 426 g/mol. The summed E-state index contributed by atoms with van der Waals surface area (Å²) in [6.07, 6.45) is 0. The summed E-state index contributed by atoms with van der Waals surface area (Å²) in [4.78, 5) is 0. The second-order valence-corrected chi connectivity index (χ2v) is 6.23. The maximum absolute atomic E-state index is 6.12. The van der Waals surface area contributed by atoms with Crippen LogP contribution >= 0.6 is 34.2 Å². The van der Waals surface area contributed by atoms with E-state index >= 15 is 0 Å². The summed E-state index contributed by atoms with van der Waals surface area (Å²) in [7, 11) is 0. The van der Waals surface area contributed by atoms with Crippen LogP contribution in [0.1, 0.15) is 5.56 Å². The van der Waals surface area contributed by atoms with Gasteiger partial charge in [0.05, 0.1) is 9.26 Å². The molecule has 0 fully saturated rings. The minimum Gasteiger partial charge on any atom is -0.488 e. The van der Waals surface area contributed by atoms with Crippen molar-refractivity contribution in [2.24, 2.45) is 0 Å². The third kappa shape index (κ3) is 3.20. The molecule has 0 bridgehead atoms. The minimum absolute atomic E-state index is 0.463. The number of nitrogen functional groups attached to an aromatic ring is 1. The monoisotopic (exact) mass is 425 g/mol. The molecule has 0 aliphatic carbocycles. The van der Waals surface area contributed by atoms with E-state index in [1.54, 1.807) is 6.07 Å². The molecule has 0 aliphatic heterocycles. The molecule has 0 saturated heterocycles. The fourth-order valence-corrected chi connectivity index (χ4v) is 2.78. The van der Waals surface area contributed by atoms with Crippen molar-refractivity contribution in [2.75, 3.05) is 5.73 Å². The topological polar surface area (TPSA) is 63.9 Å². The summed E-state index contributed by atoms with van der Waals surface area (Å²) < 4.78 is 6.80. The van der Waals surface area contributed by atoms with Gasteiger partial charge in [0.15, 0.2) is 5.82 Å². The van der Waals surface area contributed by atoms with Gasteiger partial charge >= 0.3 is 0 Å². The second-order valence-electron chi connectivity index (χ2n) is 4.71. The highest BCUT2D eigenvalue weighted by Crippen LogP contribution is 2.36. The normalized spacial score (nSPS) is 10.6. The van der Waals surface area contributed by atoms with Crippen LogP contribution < -0.4 is 10.5 Å². The van der Waals surface area contributed by atoms with Crippen molar-refractivity contribution in [1.29, 1.82) is 0 Å². The minimum atomic E-state index is 0.463. The number of H-pyrrole nitrogens is 1. The molecule has 4 nitrogen and oxygen atoms in total. The molecule has 3 aromatic rings. The number of hydrogen-bond donors (Lipinski definition) is 2. The molecule has 1 heterocycles. The van der Waals surface area contributed by atoms with Gasteiger partial charge in [-0.05, 0) is 46.4 Å². The molecule has 0 unspecified atom stereocenters. The Kier molecular flexibility index (Phi) is 4.54. The molecule has 0 radical (unpaired) electrons. The molecule has 3 N–H and O–H groups in total. The van der Waals surface area contributed by atoms with Gasteiger partial charge in [0.25, 0.3) is 0 Å². The molecule has 1 aromatic heterocycles. The predicted molar refractivity (Wildman–Crippen MR) is 96.9 cm³/mol. The Balaban J connectivity index is 1.93. The Hall–Kier alpha value is -1.73. The van der Waals surface area contributed by atoms with Crippen molar-refractivity contribution >= 4 is 40.0 Å².